The summed E-state index contributed by atoms with van der Waals surface area (Å²) < 4.78 is 0. The summed E-state index contributed by atoms with van der Waals surface area (Å²) in [5.41, 5.74) is 0.0239. The summed E-state index contributed by atoms with van der Waals surface area (Å²) in [4.78, 5) is 13.4. The van der Waals surface area contributed by atoms with Gasteiger partial charge in [-0.1, -0.05) is 26.2 Å². The van der Waals surface area contributed by atoms with Gasteiger partial charge >= 0.3 is 5.97 Å². The normalized spacial score (nSPS) is 25.6. The third kappa shape index (κ3) is 2.24. The SMILES string of the molecule is CCCC1CN(C2(CC(=O)O)CCCC2)C1. The minimum Gasteiger partial charge on any atom is -0.481 e. The second-order valence-corrected chi connectivity index (χ2v) is 5.56. The van der Waals surface area contributed by atoms with Gasteiger partial charge in [0.2, 0.25) is 0 Å². The van der Waals surface area contributed by atoms with Crippen LogP contribution < -0.4 is 0 Å². The molecule has 0 bridgehead atoms. The average molecular weight is 225 g/mol. The van der Waals surface area contributed by atoms with Crippen LogP contribution in [0.25, 0.3) is 0 Å². The number of carbonyl (C=O) groups is 1. The Hall–Kier alpha value is -0.570. The van der Waals surface area contributed by atoms with Gasteiger partial charge in [-0.15, -0.1) is 0 Å². The van der Waals surface area contributed by atoms with Crippen LogP contribution in [0, 0.1) is 5.92 Å². The molecule has 2 rings (SSSR count). The third-order valence-electron chi connectivity index (χ3n) is 4.34. The van der Waals surface area contributed by atoms with Crippen LogP contribution in [-0.2, 0) is 4.79 Å². The monoisotopic (exact) mass is 225 g/mol. The highest BCUT2D eigenvalue weighted by molar-refractivity contribution is 5.68. The summed E-state index contributed by atoms with van der Waals surface area (Å²) in [5.74, 6) is 0.206. The number of carboxylic acid groups (broad SMARTS) is 1. The van der Waals surface area contributed by atoms with Crippen LogP contribution >= 0.6 is 0 Å². The molecule has 2 fully saturated rings. The molecule has 1 N–H and O–H groups in total. The van der Waals surface area contributed by atoms with Crippen molar-refractivity contribution in [2.24, 2.45) is 5.92 Å². The number of hydrogen-bond acceptors (Lipinski definition) is 2. The van der Waals surface area contributed by atoms with E-state index in [2.05, 4.69) is 11.8 Å². The minimum absolute atomic E-state index is 0.0239. The summed E-state index contributed by atoms with van der Waals surface area (Å²) >= 11 is 0. The summed E-state index contributed by atoms with van der Waals surface area (Å²) in [6, 6.07) is 0. The molecule has 1 heterocycles. The Balaban J connectivity index is 1.91. The lowest BCUT2D eigenvalue weighted by atomic mass is 9.83. The minimum atomic E-state index is -0.624. The zero-order valence-electron chi connectivity index (χ0n) is 10.2. The van der Waals surface area contributed by atoms with Crippen LogP contribution in [-0.4, -0.2) is 34.6 Å². The number of hydrogen-bond donors (Lipinski definition) is 1. The van der Waals surface area contributed by atoms with Crippen molar-refractivity contribution in [1.82, 2.24) is 4.90 Å². The maximum Gasteiger partial charge on any atom is 0.305 e. The maximum atomic E-state index is 11.0. The molecule has 3 nitrogen and oxygen atoms in total. The molecule has 0 aromatic rings. The second kappa shape index (κ2) is 4.74. The molecule has 16 heavy (non-hydrogen) atoms. The fourth-order valence-corrected chi connectivity index (χ4v) is 3.47. The van der Waals surface area contributed by atoms with E-state index in [9.17, 15) is 4.79 Å². The van der Waals surface area contributed by atoms with Crippen molar-refractivity contribution in [3.05, 3.63) is 0 Å². The Labute approximate surface area is 97.8 Å². The molecule has 2 aliphatic rings. The van der Waals surface area contributed by atoms with Crippen LogP contribution in [0.5, 0.6) is 0 Å². The Morgan fingerprint density at radius 3 is 2.50 bits per heavy atom. The average Bonchev–Trinajstić information content (AvgIpc) is 2.58. The van der Waals surface area contributed by atoms with Crippen LogP contribution in [0.15, 0.2) is 0 Å². The Morgan fingerprint density at radius 1 is 1.38 bits per heavy atom. The van der Waals surface area contributed by atoms with Crippen molar-refractivity contribution in [3.8, 4) is 0 Å². The highest BCUT2D eigenvalue weighted by atomic mass is 16.4. The van der Waals surface area contributed by atoms with Gasteiger partial charge in [-0.05, 0) is 25.2 Å². The van der Waals surface area contributed by atoms with E-state index in [1.807, 2.05) is 0 Å². The molecule has 92 valence electrons. The molecule has 0 aromatic carbocycles. The lowest BCUT2D eigenvalue weighted by Gasteiger charge is -2.50. The molecule has 1 saturated heterocycles. The lowest BCUT2D eigenvalue weighted by molar-refractivity contribution is -0.142. The van der Waals surface area contributed by atoms with E-state index in [1.54, 1.807) is 0 Å². The highest BCUT2D eigenvalue weighted by Gasteiger charge is 2.46. The molecular weight excluding hydrogens is 202 g/mol. The van der Waals surface area contributed by atoms with E-state index in [0.717, 1.165) is 31.8 Å². The van der Waals surface area contributed by atoms with Gasteiger partial charge in [-0.2, -0.15) is 0 Å². The number of carboxylic acids is 1. The standard InChI is InChI=1S/C13H23NO2/c1-2-5-11-9-14(10-11)13(8-12(15)16)6-3-4-7-13/h11H,2-10H2,1H3,(H,15,16). The van der Waals surface area contributed by atoms with Gasteiger partial charge in [0, 0.05) is 18.6 Å². The van der Waals surface area contributed by atoms with Gasteiger partial charge < -0.3 is 5.11 Å². The lowest BCUT2D eigenvalue weighted by Crippen LogP contribution is -2.59. The Morgan fingerprint density at radius 2 is 2.00 bits per heavy atom. The van der Waals surface area contributed by atoms with E-state index < -0.39 is 5.97 Å². The zero-order chi connectivity index (χ0) is 11.6. The van der Waals surface area contributed by atoms with Crippen molar-refractivity contribution in [2.45, 2.75) is 57.4 Å². The third-order valence-corrected chi connectivity index (χ3v) is 4.34. The van der Waals surface area contributed by atoms with Crippen LogP contribution in [0.4, 0.5) is 0 Å². The van der Waals surface area contributed by atoms with Crippen LogP contribution in [0.1, 0.15) is 51.9 Å². The number of rotatable bonds is 5. The first-order chi connectivity index (χ1) is 7.66. The van der Waals surface area contributed by atoms with Gasteiger partial charge in [0.1, 0.15) is 0 Å². The molecule has 1 aliphatic carbocycles. The van der Waals surface area contributed by atoms with Gasteiger partial charge in [0.15, 0.2) is 0 Å². The Kier molecular flexibility index (Phi) is 3.53. The molecule has 0 aromatic heterocycles. The molecule has 1 saturated carbocycles. The summed E-state index contributed by atoms with van der Waals surface area (Å²) in [6.45, 7) is 4.51. The molecule has 3 heteroatoms. The summed E-state index contributed by atoms with van der Waals surface area (Å²) in [5, 5.41) is 9.05. The highest BCUT2D eigenvalue weighted by Crippen LogP contribution is 2.42. The largest absolute Gasteiger partial charge is 0.481 e. The van der Waals surface area contributed by atoms with E-state index in [1.165, 1.54) is 25.7 Å². The maximum absolute atomic E-state index is 11.0. The predicted octanol–water partition coefficient (Wildman–Crippen LogP) is 2.51. The fraction of sp³-hybridized carbons (Fsp3) is 0.923. The van der Waals surface area contributed by atoms with Gasteiger partial charge in [0.05, 0.1) is 6.42 Å². The van der Waals surface area contributed by atoms with Crippen LogP contribution in [0.3, 0.4) is 0 Å². The fourth-order valence-electron chi connectivity index (χ4n) is 3.47. The summed E-state index contributed by atoms with van der Waals surface area (Å²) in [6.07, 6.45) is 7.52. The topological polar surface area (TPSA) is 40.5 Å². The Bertz CT molecular complexity index is 253. The number of likely N-dealkylation sites (tertiary alicyclic amines) is 1. The molecule has 0 spiro atoms. The second-order valence-electron chi connectivity index (χ2n) is 5.56. The zero-order valence-corrected chi connectivity index (χ0v) is 10.2. The molecule has 1 aliphatic heterocycles. The van der Waals surface area contributed by atoms with E-state index >= 15 is 0 Å². The first kappa shape index (κ1) is 11.9. The van der Waals surface area contributed by atoms with Crippen LogP contribution in [0.2, 0.25) is 0 Å². The van der Waals surface area contributed by atoms with Gasteiger partial charge in [-0.3, -0.25) is 9.69 Å². The van der Waals surface area contributed by atoms with Gasteiger partial charge in [0.25, 0.3) is 0 Å². The van der Waals surface area contributed by atoms with Crippen molar-refractivity contribution in [1.29, 1.82) is 0 Å². The van der Waals surface area contributed by atoms with Crippen molar-refractivity contribution < 1.29 is 9.90 Å². The van der Waals surface area contributed by atoms with Crippen molar-refractivity contribution in [2.75, 3.05) is 13.1 Å². The van der Waals surface area contributed by atoms with E-state index in [-0.39, 0.29) is 5.54 Å². The van der Waals surface area contributed by atoms with Crippen molar-refractivity contribution >= 4 is 5.97 Å². The predicted molar refractivity (Wildman–Crippen MR) is 63.4 cm³/mol. The summed E-state index contributed by atoms with van der Waals surface area (Å²) in [7, 11) is 0. The smallest absolute Gasteiger partial charge is 0.305 e. The first-order valence-electron chi connectivity index (χ1n) is 6.63. The molecule has 0 amide bonds. The van der Waals surface area contributed by atoms with Gasteiger partial charge in [-0.25, -0.2) is 0 Å². The van der Waals surface area contributed by atoms with E-state index in [0.29, 0.717) is 6.42 Å². The molecule has 0 radical (unpaired) electrons. The number of nitrogens with zero attached hydrogens (tertiary/aromatic N) is 1. The quantitative estimate of drug-likeness (QED) is 0.781. The van der Waals surface area contributed by atoms with E-state index in [4.69, 9.17) is 5.11 Å². The van der Waals surface area contributed by atoms with Crippen molar-refractivity contribution in [3.63, 3.8) is 0 Å². The number of aliphatic carboxylic acids is 1. The molecule has 0 unspecified atom stereocenters. The first-order valence-corrected chi connectivity index (χ1v) is 6.63. The molecule has 0 atom stereocenters. The molecular formula is C13H23NO2.